The first-order chi connectivity index (χ1) is 6.61. The number of carbonyl (C=O) groups is 2. The van der Waals surface area contributed by atoms with E-state index in [1.54, 1.807) is 5.38 Å². The second-order valence-electron chi connectivity index (χ2n) is 2.33. The van der Waals surface area contributed by atoms with Crippen LogP contribution >= 0.6 is 11.3 Å². The highest BCUT2D eigenvalue weighted by molar-refractivity contribution is 7.13. The molecule has 0 fully saturated rings. The van der Waals surface area contributed by atoms with Crippen LogP contribution in [-0.2, 0) is 16.0 Å². The van der Waals surface area contributed by atoms with E-state index < -0.39 is 12.1 Å². The summed E-state index contributed by atoms with van der Waals surface area (Å²) in [5.41, 5.74) is 0.411. The molecule has 76 valence electrons. The van der Waals surface area contributed by atoms with Crippen molar-refractivity contribution in [1.29, 1.82) is 0 Å². The van der Waals surface area contributed by atoms with Crippen molar-refractivity contribution >= 4 is 28.5 Å². The van der Waals surface area contributed by atoms with Crippen molar-refractivity contribution in [1.82, 2.24) is 4.98 Å². The largest absolute Gasteiger partial charge is 0.481 e. The molecule has 1 amide bonds. The number of amides is 1. The van der Waals surface area contributed by atoms with Gasteiger partial charge in [0.05, 0.1) is 19.2 Å². The first-order valence-electron chi connectivity index (χ1n) is 3.63. The molecule has 0 spiro atoms. The molecule has 0 saturated carbocycles. The Hall–Kier alpha value is -1.63. The molecule has 0 aliphatic heterocycles. The molecule has 0 radical (unpaired) electrons. The number of methoxy groups -OCH3 is 1. The van der Waals surface area contributed by atoms with Crippen LogP contribution in [-0.4, -0.2) is 29.3 Å². The van der Waals surface area contributed by atoms with Gasteiger partial charge in [-0.15, -0.1) is 11.3 Å². The van der Waals surface area contributed by atoms with Gasteiger partial charge in [0.15, 0.2) is 5.13 Å². The monoisotopic (exact) mass is 216 g/mol. The van der Waals surface area contributed by atoms with Crippen LogP contribution in [0.3, 0.4) is 0 Å². The predicted octanol–water partition coefficient (Wildman–Crippen LogP) is 0.948. The molecule has 0 saturated heterocycles. The molecule has 6 nitrogen and oxygen atoms in total. The van der Waals surface area contributed by atoms with Crippen LogP contribution in [0.25, 0.3) is 0 Å². The lowest BCUT2D eigenvalue weighted by Gasteiger charge is -1.96. The molecule has 1 aromatic rings. The number of hydrogen-bond acceptors (Lipinski definition) is 5. The lowest BCUT2D eigenvalue weighted by atomic mass is 10.3. The van der Waals surface area contributed by atoms with E-state index >= 15 is 0 Å². The minimum Gasteiger partial charge on any atom is -0.481 e. The maximum absolute atomic E-state index is 10.7. The van der Waals surface area contributed by atoms with Crippen LogP contribution in [0, 0.1) is 0 Å². The van der Waals surface area contributed by atoms with Crippen molar-refractivity contribution in [3.05, 3.63) is 11.1 Å². The molecule has 0 aliphatic rings. The molecule has 2 N–H and O–H groups in total. The number of carboxylic acid groups (broad SMARTS) is 1. The van der Waals surface area contributed by atoms with E-state index in [-0.39, 0.29) is 6.42 Å². The fraction of sp³-hybridized carbons (Fsp3) is 0.286. The summed E-state index contributed by atoms with van der Waals surface area (Å²) >= 11 is 1.15. The molecule has 0 aliphatic carbocycles. The molecule has 1 rings (SSSR count). The van der Waals surface area contributed by atoms with Gasteiger partial charge in [0, 0.05) is 5.38 Å². The van der Waals surface area contributed by atoms with Crippen LogP contribution in [0.4, 0.5) is 9.93 Å². The van der Waals surface area contributed by atoms with Gasteiger partial charge in [0.2, 0.25) is 0 Å². The third-order valence-electron chi connectivity index (χ3n) is 1.28. The van der Waals surface area contributed by atoms with Gasteiger partial charge in [0.25, 0.3) is 0 Å². The molecular formula is C7H8N2O4S. The van der Waals surface area contributed by atoms with Crippen molar-refractivity contribution < 1.29 is 19.4 Å². The van der Waals surface area contributed by atoms with Gasteiger partial charge in [-0.2, -0.15) is 0 Å². The van der Waals surface area contributed by atoms with Crippen LogP contribution in [0.2, 0.25) is 0 Å². The van der Waals surface area contributed by atoms with Crippen LogP contribution in [0.1, 0.15) is 5.69 Å². The predicted molar refractivity (Wildman–Crippen MR) is 49.5 cm³/mol. The number of ether oxygens (including phenoxy) is 1. The van der Waals surface area contributed by atoms with Crippen molar-refractivity contribution in [2.24, 2.45) is 0 Å². The smallest absolute Gasteiger partial charge is 0.413 e. The highest BCUT2D eigenvalue weighted by Gasteiger charge is 2.08. The van der Waals surface area contributed by atoms with E-state index in [0.29, 0.717) is 10.8 Å². The van der Waals surface area contributed by atoms with Gasteiger partial charge >= 0.3 is 12.1 Å². The molecule has 0 atom stereocenters. The number of nitrogens with one attached hydrogen (secondary N) is 1. The van der Waals surface area contributed by atoms with E-state index in [9.17, 15) is 9.59 Å². The minimum absolute atomic E-state index is 0.153. The van der Waals surface area contributed by atoms with Gasteiger partial charge in [-0.3, -0.25) is 10.1 Å². The average Bonchev–Trinajstić information content (AvgIpc) is 2.51. The Morgan fingerprint density at radius 3 is 3.00 bits per heavy atom. The van der Waals surface area contributed by atoms with E-state index in [2.05, 4.69) is 15.0 Å². The number of anilines is 1. The quantitative estimate of drug-likeness (QED) is 0.785. The number of nitrogens with zero attached hydrogens (tertiary/aromatic N) is 1. The fourth-order valence-corrected chi connectivity index (χ4v) is 1.43. The number of aromatic nitrogens is 1. The molecule has 14 heavy (non-hydrogen) atoms. The third kappa shape index (κ3) is 3.02. The molecule has 0 aromatic carbocycles. The Labute approximate surface area is 83.5 Å². The summed E-state index contributed by atoms with van der Waals surface area (Å²) in [5, 5.41) is 12.7. The zero-order chi connectivity index (χ0) is 10.6. The highest BCUT2D eigenvalue weighted by atomic mass is 32.1. The van der Waals surface area contributed by atoms with Crippen molar-refractivity contribution in [3.63, 3.8) is 0 Å². The Kier molecular flexibility index (Phi) is 3.41. The summed E-state index contributed by atoms with van der Waals surface area (Å²) in [5.74, 6) is -0.958. The number of rotatable bonds is 3. The highest BCUT2D eigenvalue weighted by Crippen LogP contribution is 2.15. The Balaban J connectivity index is 2.59. The summed E-state index contributed by atoms with van der Waals surface area (Å²) < 4.78 is 4.34. The average molecular weight is 216 g/mol. The standard InChI is InChI=1S/C7H8N2O4S/c1-13-7(12)9-6-8-4(3-14-6)2-5(10)11/h3H,2H2,1H3,(H,10,11)(H,8,9,12). The summed E-state index contributed by atoms with van der Waals surface area (Å²) in [6.07, 6.45) is -0.777. The number of carbonyl (C=O) groups excluding carboxylic acids is 1. The Morgan fingerprint density at radius 2 is 2.43 bits per heavy atom. The van der Waals surface area contributed by atoms with E-state index in [0.717, 1.165) is 11.3 Å². The van der Waals surface area contributed by atoms with E-state index in [1.807, 2.05) is 0 Å². The zero-order valence-corrected chi connectivity index (χ0v) is 8.13. The molecule has 1 aromatic heterocycles. The second-order valence-corrected chi connectivity index (χ2v) is 3.19. The Morgan fingerprint density at radius 1 is 1.71 bits per heavy atom. The molecule has 1 heterocycles. The molecule has 0 unspecified atom stereocenters. The lowest BCUT2D eigenvalue weighted by Crippen LogP contribution is -2.10. The molecule has 7 heteroatoms. The minimum atomic E-state index is -0.958. The van der Waals surface area contributed by atoms with E-state index in [1.165, 1.54) is 7.11 Å². The Bertz CT molecular complexity index is 349. The number of hydrogen-bond donors (Lipinski definition) is 2. The SMILES string of the molecule is COC(=O)Nc1nc(CC(=O)O)cs1. The van der Waals surface area contributed by atoms with Gasteiger partial charge in [0.1, 0.15) is 0 Å². The number of carboxylic acids is 1. The topological polar surface area (TPSA) is 88.5 Å². The third-order valence-corrected chi connectivity index (χ3v) is 2.09. The maximum Gasteiger partial charge on any atom is 0.413 e. The van der Waals surface area contributed by atoms with Crippen molar-refractivity contribution in [2.75, 3.05) is 12.4 Å². The van der Waals surface area contributed by atoms with Gasteiger partial charge in [-0.25, -0.2) is 9.78 Å². The maximum atomic E-state index is 10.7. The number of aliphatic carboxylic acids is 1. The van der Waals surface area contributed by atoms with Crippen molar-refractivity contribution in [3.8, 4) is 0 Å². The summed E-state index contributed by atoms with van der Waals surface area (Å²) in [4.78, 5) is 24.9. The first-order valence-corrected chi connectivity index (χ1v) is 4.51. The molecule has 0 bridgehead atoms. The zero-order valence-electron chi connectivity index (χ0n) is 7.31. The van der Waals surface area contributed by atoms with Crippen molar-refractivity contribution in [2.45, 2.75) is 6.42 Å². The van der Waals surface area contributed by atoms with Gasteiger partial charge in [-0.05, 0) is 0 Å². The van der Waals surface area contributed by atoms with Gasteiger partial charge < -0.3 is 9.84 Å². The van der Waals surface area contributed by atoms with Crippen LogP contribution < -0.4 is 5.32 Å². The summed E-state index contributed by atoms with van der Waals surface area (Å²) in [6, 6.07) is 0. The second kappa shape index (κ2) is 4.56. The summed E-state index contributed by atoms with van der Waals surface area (Å²) in [7, 11) is 1.24. The summed E-state index contributed by atoms with van der Waals surface area (Å²) in [6.45, 7) is 0. The number of thiazole rings is 1. The normalized spacial score (nSPS) is 9.50. The van der Waals surface area contributed by atoms with Crippen LogP contribution in [0.15, 0.2) is 5.38 Å². The first kappa shape index (κ1) is 10.5. The van der Waals surface area contributed by atoms with Crippen LogP contribution in [0.5, 0.6) is 0 Å². The fourth-order valence-electron chi connectivity index (χ4n) is 0.739. The lowest BCUT2D eigenvalue weighted by molar-refractivity contribution is -0.136. The van der Waals surface area contributed by atoms with E-state index in [4.69, 9.17) is 5.11 Å². The molecular weight excluding hydrogens is 208 g/mol. The van der Waals surface area contributed by atoms with Gasteiger partial charge in [-0.1, -0.05) is 0 Å².